The highest BCUT2D eigenvalue weighted by Crippen LogP contribution is 2.39. The molecule has 1 aliphatic heterocycles. The Kier molecular flexibility index (Phi) is 4.06. The Morgan fingerprint density at radius 3 is 2.45 bits per heavy atom. The predicted octanol–water partition coefficient (Wildman–Crippen LogP) is 3.06. The highest BCUT2D eigenvalue weighted by molar-refractivity contribution is 5.95. The van der Waals surface area contributed by atoms with E-state index >= 15 is 0 Å². The Morgan fingerprint density at radius 1 is 1.32 bits per heavy atom. The molecule has 0 spiro atoms. The van der Waals surface area contributed by atoms with Crippen LogP contribution < -0.4 is 0 Å². The molecule has 0 aromatic carbocycles. The van der Waals surface area contributed by atoms with Gasteiger partial charge in [0, 0.05) is 37.1 Å². The van der Waals surface area contributed by atoms with Gasteiger partial charge in [0.1, 0.15) is 0 Å². The van der Waals surface area contributed by atoms with Gasteiger partial charge in [-0.05, 0) is 57.4 Å². The predicted molar refractivity (Wildman–Crippen MR) is 87.1 cm³/mol. The van der Waals surface area contributed by atoms with E-state index in [2.05, 4.69) is 31.4 Å². The molecule has 1 aliphatic carbocycles. The third-order valence-electron chi connectivity index (χ3n) is 5.82. The van der Waals surface area contributed by atoms with E-state index in [0.29, 0.717) is 6.04 Å². The van der Waals surface area contributed by atoms with Crippen LogP contribution >= 0.6 is 0 Å². The molecule has 1 N–H and O–H groups in total. The molecule has 1 amide bonds. The van der Waals surface area contributed by atoms with Crippen LogP contribution in [0.5, 0.6) is 0 Å². The summed E-state index contributed by atoms with van der Waals surface area (Å²) in [7, 11) is 0. The first-order valence-electron chi connectivity index (χ1n) is 8.60. The van der Waals surface area contributed by atoms with E-state index in [0.717, 1.165) is 43.6 Å². The number of nitrogens with zero attached hydrogens (tertiary/aromatic N) is 2. The first-order valence-corrected chi connectivity index (χ1v) is 8.60. The van der Waals surface area contributed by atoms with Crippen LogP contribution in [0.3, 0.4) is 0 Å². The van der Waals surface area contributed by atoms with E-state index in [1.165, 1.54) is 18.5 Å². The molecule has 1 aromatic rings. The van der Waals surface area contributed by atoms with Gasteiger partial charge < -0.3 is 14.6 Å². The molecular formula is C18H28N2O2. The molecule has 4 nitrogen and oxygen atoms in total. The fourth-order valence-corrected chi connectivity index (χ4v) is 3.87. The first kappa shape index (κ1) is 15.6. The summed E-state index contributed by atoms with van der Waals surface area (Å²) in [5.41, 5.74) is 3.23. The molecular weight excluding hydrogens is 276 g/mol. The van der Waals surface area contributed by atoms with Crippen molar-refractivity contribution >= 4 is 5.91 Å². The lowest BCUT2D eigenvalue weighted by atomic mass is 9.77. The smallest absolute Gasteiger partial charge is 0.255 e. The zero-order chi connectivity index (χ0) is 15.9. The Morgan fingerprint density at radius 2 is 1.95 bits per heavy atom. The molecule has 2 fully saturated rings. The molecule has 2 heterocycles. The maximum absolute atomic E-state index is 12.9. The topological polar surface area (TPSA) is 45.5 Å². The molecule has 4 heteroatoms. The second kappa shape index (κ2) is 5.73. The molecule has 22 heavy (non-hydrogen) atoms. The minimum absolute atomic E-state index is 0.0294. The van der Waals surface area contributed by atoms with E-state index in [1.807, 2.05) is 4.90 Å². The quantitative estimate of drug-likeness (QED) is 0.929. The first-order chi connectivity index (χ1) is 10.5. The second-order valence-electron chi connectivity index (χ2n) is 7.19. The summed E-state index contributed by atoms with van der Waals surface area (Å²) in [5.74, 6) is 0.169. The molecule has 0 radical (unpaired) electrons. The Bertz CT molecular complexity index is 558. The third-order valence-corrected chi connectivity index (χ3v) is 5.82. The number of hydrogen-bond donors (Lipinski definition) is 1. The standard InChI is InChI=1S/C18H28N2O2/c1-4-18(12-21)7-9-19(10-8-18)17(22)16-11-13(2)20(14(16)3)15-5-6-15/h11,15,21H,4-10,12H2,1-3H3. The van der Waals surface area contributed by atoms with E-state index in [1.54, 1.807) is 0 Å². The van der Waals surface area contributed by atoms with Crippen molar-refractivity contribution < 1.29 is 9.90 Å². The lowest BCUT2D eigenvalue weighted by Gasteiger charge is -2.40. The molecule has 122 valence electrons. The van der Waals surface area contributed by atoms with Gasteiger partial charge in [0.25, 0.3) is 5.91 Å². The van der Waals surface area contributed by atoms with Crippen LogP contribution in [-0.4, -0.2) is 40.2 Å². The molecule has 1 saturated carbocycles. The molecule has 0 atom stereocenters. The summed E-state index contributed by atoms with van der Waals surface area (Å²) in [6.07, 6.45) is 5.29. The molecule has 0 unspecified atom stereocenters. The van der Waals surface area contributed by atoms with Gasteiger partial charge in [-0.3, -0.25) is 4.79 Å². The lowest BCUT2D eigenvalue weighted by molar-refractivity contribution is 0.0337. The number of piperidine rings is 1. The number of aryl methyl sites for hydroxylation is 1. The number of aliphatic hydroxyl groups excluding tert-OH is 1. The summed E-state index contributed by atoms with van der Waals surface area (Å²) in [4.78, 5) is 14.8. The van der Waals surface area contributed by atoms with E-state index in [4.69, 9.17) is 0 Å². The van der Waals surface area contributed by atoms with Gasteiger partial charge in [-0.15, -0.1) is 0 Å². The van der Waals surface area contributed by atoms with Crippen molar-refractivity contribution in [2.75, 3.05) is 19.7 Å². The van der Waals surface area contributed by atoms with Gasteiger partial charge in [0.05, 0.1) is 5.56 Å². The molecule has 1 saturated heterocycles. The van der Waals surface area contributed by atoms with Gasteiger partial charge in [-0.2, -0.15) is 0 Å². The van der Waals surface area contributed by atoms with Crippen LogP contribution in [0.25, 0.3) is 0 Å². The van der Waals surface area contributed by atoms with Gasteiger partial charge >= 0.3 is 0 Å². The number of likely N-dealkylation sites (tertiary alicyclic amines) is 1. The van der Waals surface area contributed by atoms with Gasteiger partial charge in [0.2, 0.25) is 0 Å². The summed E-state index contributed by atoms with van der Waals surface area (Å²) in [6.45, 7) is 8.08. The van der Waals surface area contributed by atoms with Crippen molar-refractivity contribution in [3.63, 3.8) is 0 Å². The highest BCUT2D eigenvalue weighted by Gasteiger charge is 2.35. The Hall–Kier alpha value is -1.29. The minimum atomic E-state index is 0.0294. The number of hydrogen-bond acceptors (Lipinski definition) is 2. The third kappa shape index (κ3) is 2.58. The molecule has 2 aliphatic rings. The van der Waals surface area contributed by atoms with Crippen LogP contribution in [0.15, 0.2) is 6.07 Å². The number of carbonyl (C=O) groups is 1. The van der Waals surface area contributed by atoms with Gasteiger partial charge in [-0.25, -0.2) is 0 Å². The maximum atomic E-state index is 12.9. The number of carbonyl (C=O) groups excluding carboxylic acids is 1. The normalized spacial score (nSPS) is 21.2. The van der Waals surface area contributed by atoms with Crippen LogP contribution in [0.1, 0.15) is 66.8 Å². The van der Waals surface area contributed by atoms with Crippen molar-refractivity contribution in [3.05, 3.63) is 23.0 Å². The fraction of sp³-hybridized carbons (Fsp3) is 0.722. The van der Waals surface area contributed by atoms with Crippen LogP contribution in [-0.2, 0) is 0 Å². The van der Waals surface area contributed by atoms with Gasteiger partial charge in [0.15, 0.2) is 0 Å². The average molecular weight is 304 g/mol. The van der Waals surface area contributed by atoms with Crippen LogP contribution in [0.4, 0.5) is 0 Å². The van der Waals surface area contributed by atoms with E-state index < -0.39 is 0 Å². The molecule has 0 bridgehead atoms. The summed E-state index contributed by atoms with van der Waals surface area (Å²) < 4.78 is 2.33. The zero-order valence-corrected chi connectivity index (χ0v) is 14.1. The molecule has 1 aromatic heterocycles. The number of amides is 1. The monoisotopic (exact) mass is 304 g/mol. The zero-order valence-electron chi connectivity index (χ0n) is 14.1. The van der Waals surface area contributed by atoms with Crippen LogP contribution in [0.2, 0.25) is 0 Å². The molecule has 3 rings (SSSR count). The van der Waals surface area contributed by atoms with Crippen LogP contribution in [0, 0.1) is 19.3 Å². The highest BCUT2D eigenvalue weighted by atomic mass is 16.3. The largest absolute Gasteiger partial charge is 0.396 e. The van der Waals surface area contributed by atoms with Crippen molar-refractivity contribution in [3.8, 4) is 0 Å². The minimum Gasteiger partial charge on any atom is -0.396 e. The SMILES string of the molecule is CCC1(CO)CCN(C(=O)c2cc(C)n(C3CC3)c2C)CC1. The maximum Gasteiger partial charge on any atom is 0.255 e. The van der Waals surface area contributed by atoms with Gasteiger partial charge in [-0.1, -0.05) is 6.92 Å². The summed E-state index contributed by atoms with van der Waals surface area (Å²) in [5, 5.41) is 9.63. The lowest BCUT2D eigenvalue weighted by Crippen LogP contribution is -2.44. The Balaban J connectivity index is 1.74. The second-order valence-corrected chi connectivity index (χ2v) is 7.19. The van der Waals surface area contributed by atoms with Crippen molar-refractivity contribution in [2.45, 2.75) is 58.9 Å². The number of aliphatic hydroxyl groups is 1. The average Bonchev–Trinajstić information content (AvgIpc) is 3.32. The van der Waals surface area contributed by atoms with Crippen molar-refractivity contribution in [2.24, 2.45) is 5.41 Å². The van der Waals surface area contributed by atoms with Crippen molar-refractivity contribution in [1.29, 1.82) is 0 Å². The number of aromatic nitrogens is 1. The van der Waals surface area contributed by atoms with E-state index in [-0.39, 0.29) is 17.9 Å². The summed E-state index contributed by atoms with van der Waals surface area (Å²) >= 11 is 0. The van der Waals surface area contributed by atoms with Crippen molar-refractivity contribution in [1.82, 2.24) is 9.47 Å². The van der Waals surface area contributed by atoms with E-state index in [9.17, 15) is 9.90 Å². The fourth-order valence-electron chi connectivity index (χ4n) is 3.87. The summed E-state index contributed by atoms with van der Waals surface area (Å²) in [6, 6.07) is 2.68. The number of rotatable bonds is 4. The Labute approximate surface area is 133 Å².